The molecule has 0 atom stereocenters. The fourth-order valence-corrected chi connectivity index (χ4v) is 3.33. The molecule has 1 heterocycles. The van der Waals surface area contributed by atoms with Gasteiger partial charge in [-0.1, -0.05) is 54.2 Å². The molecule has 0 aliphatic heterocycles. The molecule has 0 aliphatic carbocycles. The minimum absolute atomic E-state index is 0.0790. The van der Waals surface area contributed by atoms with E-state index in [-0.39, 0.29) is 17.4 Å². The average molecular weight is 377 g/mol. The van der Waals surface area contributed by atoms with Gasteiger partial charge in [0.05, 0.1) is 5.75 Å². The molecule has 3 rings (SSSR count). The van der Waals surface area contributed by atoms with Gasteiger partial charge in [0.1, 0.15) is 0 Å². The van der Waals surface area contributed by atoms with Gasteiger partial charge in [-0.15, -0.1) is 0 Å². The topological polar surface area (TPSA) is 72.0 Å². The summed E-state index contributed by atoms with van der Waals surface area (Å²) in [5.74, 6) is -0.0588. The lowest BCUT2D eigenvalue weighted by Crippen LogP contribution is -2.15. The number of aromatic nitrogens is 2. The van der Waals surface area contributed by atoms with Crippen molar-refractivity contribution in [3.05, 3.63) is 83.2 Å². The van der Waals surface area contributed by atoms with Crippen LogP contribution in [-0.2, 0) is 4.79 Å². The summed E-state index contributed by atoms with van der Waals surface area (Å²) < 4.78 is 0. The molecule has 0 saturated carbocycles. The zero-order valence-corrected chi connectivity index (χ0v) is 15.9. The van der Waals surface area contributed by atoms with Crippen LogP contribution in [0.4, 0.5) is 5.69 Å². The van der Waals surface area contributed by atoms with E-state index >= 15 is 0 Å². The summed E-state index contributed by atoms with van der Waals surface area (Å²) in [5.41, 5.74) is 3.48. The van der Waals surface area contributed by atoms with Gasteiger partial charge in [-0.25, -0.2) is 9.97 Å². The lowest BCUT2D eigenvalue weighted by Gasteiger charge is -2.07. The van der Waals surface area contributed by atoms with E-state index in [2.05, 4.69) is 15.3 Å². The van der Waals surface area contributed by atoms with Crippen LogP contribution in [0.2, 0.25) is 0 Å². The van der Waals surface area contributed by atoms with Crippen molar-refractivity contribution in [2.24, 2.45) is 0 Å². The van der Waals surface area contributed by atoms with Gasteiger partial charge in [0, 0.05) is 28.2 Å². The molecular weight excluding hydrogens is 358 g/mol. The first kappa shape index (κ1) is 18.8. The van der Waals surface area contributed by atoms with Crippen molar-refractivity contribution >= 4 is 29.1 Å². The predicted octanol–water partition coefficient (Wildman–Crippen LogP) is 4.06. The number of aryl methyl sites for hydroxylation is 2. The number of ketones is 1. The quantitative estimate of drug-likeness (QED) is 0.398. The molecule has 1 aromatic heterocycles. The minimum atomic E-state index is -0.174. The van der Waals surface area contributed by atoms with Crippen LogP contribution < -0.4 is 5.32 Å². The van der Waals surface area contributed by atoms with Gasteiger partial charge in [-0.2, -0.15) is 0 Å². The number of anilines is 1. The Labute approximate surface area is 162 Å². The van der Waals surface area contributed by atoms with Crippen molar-refractivity contribution in [3.63, 3.8) is 0 Å². The lowest BCUT2D eigenvalue weighted by molar-refractivity contribution is -0.113. The number of nitrogens with one attached hydrogen (secondary N) is 1. The van der Waals surface area contributed by atoms with Crippen molar-refractivity contribution < 1.29 is 9.59 Å². The molecule has 0 saturated heterocycles. The van der Waals surface area contributed by atoms with Crippen LogP contribution in [0.3, 0.4) is 0 Å². The van der Waals surface area contributed by atoms with Crippen LogP contribution in [0, 0.1) is 13.8 Å². The van der Waals surface area contributed by atoms with Crippen LogP contribution in [0.15, 0.2) is 65.8 Å². The Morgan fingerprint density at radius 2 is 1.56 bits per heavy atom. The highest BCUT2D eigenvalue weighted by Gasteiger charge is 2.11. The van der Waals surface area contributed by atoms with Gasteiger partial charge >= 0.3 is 0 Å². The Hall–Kier alpha value is -2.99. The van der Waals surface area contributed by atoms with Crippen LogP contribution in [0.25, 0.3) is 0 Å². The monoisotopic (exact) mass is 377 g/mol. The number of thioether (sulfide) groups is 1. The molecule has 0 bridgehead atoms. The number of hydrogen-bond acceptors (Lipinski definition) is 5. The van der Waals surface area contributed by atoms with E-state index in [9.17, 15) is 9.59 Å². The maximum atomic E-state index is 12.5. The Morgan fingerprint density at radius 3 is 2.26 bits per heavy atom. The third-order valence-corrected chi connectivity index (χ3v) is 4.59. The Kier molecular flexibility index (Phi) is 5.98. The second kappa shape index (κ2) is 8.60. The van der Waals surface area contributed by atoms with Crippen molar-refractivity contribution in [2.75, 3.05) is 11.1 Å². The third kappa shape index (κ3) is 5.24. The van der Waals surface area contributed by atoms with Crippen molar-refractivity contribution in [3.8, 4) is 0 Å². The summed E-state index contributed by atoms with van der Waals surface area (Å²) in [6.45, 7) is 3.79. The Balaban J connectivity index is 1.63. The van der Waals surface area contributed by atoms with Crippen molar-refractivity contribution in [2.45, 2.75) is 19.0 Å². The van der Waals surface area contributed by atoms with Crippen LogP contribution in [0.5, 0.6) is 0 Å². The van der Waals surface area contributed by atoms with E-state index in [1.807, 2.05) is 38.1 Å². The van der Waals surface area contributed by atoms with Crippen LogP contribution >= 0.6 is 11.8 Å². The van der Waals surface area contributed by atoms with Crippen LogP contribution in [0.1, 0.15) is 27.3 Å². The average Bonchev–Trinajstić information content (AvgIpc) is 2.66. The number of carbonyl (C=O) groups is 2. The van der Waals surface area contributed by atoms with Crippen molar-refractivity contribution in [1.29, 1.82) is 0 Å². The number of nitrogens with zero attached hydrogens (tertiary/aromatic N) is 2. The minimum Gasteiger partial charge on any atom is -0.325 e. The zero-order chi connectivity index (χ0) is 19.2. The zero-order valence-electron chi connectivity index (χ0n) is 15.1. The summed E-state index contributed by atoms with van der Waals surface area (Å²) in [6.07, 6.45) is 0. The molecule has 3 aromatic rings. The Bertz CT molecular complexity index is 954. The fourth-order valence-electron chi connectivity index (χ4n) is 2.58. The number of hydrogen-bond donors (Lipinski definition) is 1. The third-order valence-electron chi connectivity index (χ3n) is 3.74. The van der Waals surface area contributed by atoms with Crippen molar-refractivity contribution in [1.82, 2.24) is 9.97 Å². The molecule has 0 radical (unpaired) electrons. The molecule has 0 aliphatic rings. The normalized spacial score (nSPS) is 10.4. The maximum absolute atomic E-state index is 12.5. The van der Waals surface area contributed by atoms with Gasteiger partial charge in [-0.05, 0) is 32.0 Å². The largest absolute Gasteiger partial charge is 0.325 e. The SMILES string of the molecule is Cc1cc(C)nc(SCC(=O)Nc2cccc(C(=O)c3ccccc3)c2)n1. The summed E-state index contributed by atoms with van der Waals surface area (Å²) in [7, 11) is 0. The molecule has 0 fully saturated rings. The van der Waals surface area contributed by atoms with E-state index in [4.69, 9.17) is 0 Å². The molecule has 27 heavy (non-hydrogen) atoms. The van der Waals surface area contributed by atoms with E-state index < -0.39 is 0 Å². The van der Waals surface area contributed by atoms with Gasteiger partial charge in [0.25, 0.3) is 0 Å². The highest BCUT2D eigenvalue weighted by atomic mass is 32.2. The number of carbonyl (C=O) groups excluding carboxylic acids is 2. The second-order valence-corrected chi connectivity index (χ2v) is 6.99. The summed E-state index contributed by atoms with van der Waals surface area (Å²) in [6, 6.07) is 17.9. The first-order chi connectivity index (χ1) is 13.0. The van der Waals surface area contributed by atoms with Gasteiger partial charge in [0.2, 0.25) is 5.91 Å². The van der Waals surface area contributed by atoms with E-state index in [0.717, 1.165) is 11.4 Å². The number of rotatable bonds is 6. The molecule has 5 nitrogen and oxygen atoms in total. The smallest absolute Gasteiger partial charge is 0.234 e. The first-order valence-corrected chi connectivity index (χ1v) is 9.44. The summed E-state index contributed by atoms with van der Waals surface area (Å²) in [5, 5.41) is 3.40. The molecule has 0 spiro atoms. The molecule has 136 valence electrons. The van der Waals surface area contributed by atoms with E-state index in [1.165, 1.54) is 11.8 Å². The molecule has 2 aromatic carbocycles. The lowest BCUT2D eigenvalue weighted by atomic mass is 10.0. The van der Waals surface area contributed by atoms with E-state index in [0.29, 0.717) is 22.0 Å². The number of benzene rings is 2. The summed E-state index contributed by atoms with van der Waals surface area (Å²) in [4.78, 5) is 33.4. The van der Waals surface area contributed by atoms with Gasteiger partial charge < -0.3 is 5.32 Å². The highest BCUT2D eigenvalue weighted by molar-refractivity contribution is 7.99. The molecular formula is C21H19N3O2S. The highest BCUT2D eigenvalue weighted by Crippen LogP contribution is 2.17. The maximum Gasteiger partial charge on any atom is 0.234 e. The van der Waals surface area contributed by atoms with Crippen LogP contribution in [-0.4, -0.2) is 27.4 Å². The molecule has 1 amide bonds. The second-order valence-electron chi connectivity index (χ2n) is 6.05. The van der Waals surface area contributed by atoms with Gasteiger partial charge in [0.15, 0.2) is 10.9 Å². The molecule has 1 N–H and O–H groups in total. The molecule has 6 heteroatoms. The standard InChI is InChI=1S/C21H19N3O2S/c1-14-11-15(2)23-21(22-14)27-13-19(25)24-18-10-6-9-17(12-18)20(26)16-7-4-3-5-8-16/h3-12H,13H2,1-2H3,(H,24,25). The fraction of sp³-hybridized carbons (Fsp3) is 0.143. The number of amides is 1. The predicted molar refractivity (Wildman–Crippen MR) is 107 cm³/mol. The first-order valence-electron chi connectivity index (χ1n) is 8.46. The Morgan fingerprint density at radius 1 is 0.889 bits per heavy atom. The van der Waals surface area contributed by atoms with Gasteiger partial charge in [-0.3, -0.25) is 9.59 Å². The molecule has 0 unspecified atom stereocenters. The van der Waals surface area contributed by atoms with E-state index in [1.54, 1.807) is 36.4 Å². The summed E-state index contributed by atoms with van der Waals surface area (Å²) >= 11 is 1.28.